The molecule has 0 aliphatic rings. The van der Waals surface area contributed by atoms with Gasteiger partial charge in [-0.1, -0.05) is 42.5 Å². The molecule has 0 heterocycles. The van der Waals surface area contributed by atoms with Gasteiger partial charge < -0.3 is 14.8 Å². The summed E-state index contributed by atoms with van der Waals surface area (Å²) in [5.41, 5.74) is 2.58. The summed E-state index contributed by atoms with van der Waals surface area (Å²) in [4.78, 5) is 13.1. The molecular weight excluding hydrogens is 452 g/mol. The van der Waals surface area contributed by atoms with E-state index in [1.807, 2.05) is 54.6 Å². The molecule has 8 heteroatoms. The third-order valence-corrected chi connectivity index (χ3v) is 6.91. The number of methoxy groups -OCH3 is 2. The number of rotatable bonds is 11. The molecule has 0 saturated heterocycles. The number of carbonyl (C=O) groups excluding carboxylic acids is 1. The maximum Gasteiger partial charge on any atom is 0.241 e. The van der Waals surface area contributed by atoms with E-state index in [1.165, 1.54) is 19.2 Å². The molecule has 7 nitrogen and oxygen atoms in total. The Morgan fingerprint density at radius 3 is 2.24 bits per heavy atom. The fourth-order valence-corrected chi connectivity index (χ4v) is 4.84. The van der Waals surface area contributed by atoms with Gasteiger partial charge in [0.1, 0.15) is 17.5 Å². The third kappa shape index (κ3) is 6.82. The molecule has 0 spiro atoms. The molecule has 0 fully saturated rings. The van der Waals surface area contributed by atoms with Gasteiger partial charge in [-0.3, -0.25) is 4.79 Å². The van der Waals surface area contributed by atoms with Gasteiger partial charge in [-0.2, -0.15) is 4.72 Å². The Hall–Kier alpha value is -3.36. The molecule has 0 bridgehead atoms. The second kappa shape index (κ2) is 11.7. The predicted octanol–water partition coefficient (Wildman–Crippen LogP) is 3.26. The van der Waals surface area contributed by atoms with Crippen molar-refractivity contribution in [3.05, 3.63) is 89.5 Å². The van der Waals surface area contributed by atoms with Crippen LogP contribution in [-0.4, -0.2) is 41.1 Å². The van der Waals surface area contributed by atoms with E-state index in [1.54, 1.807) is 20.1 Å². The maximum atomic E-state index is 13.1. The molecule has 0 aromatic heterocycles. The van der Waals surface area contributed by atoms with Crippen molar-refractivity contribution in [3.63, 3.8) is 0 Å². The van der Waals surface area contributed by atoms with E-state index in [9.17, 15) is 13.2 Å². The first-order valence-electron chi connectivity index (χ1n) is 10.9. The van der Waals surface area contributed by atoms with Crippen molar-refractivity contribution in [2.24, 2.45) is 0 Å². The van der Waals surface area contributed by atoms with E-state index in [0.29, 0.717) is 24.3 Å². The first-order valence-corrected chi connectivity index (χ1v) is 12.4. The van der Waals surface area contributed by atoms with E-state index in [0.717, 1.165) is 16.9 Å². The number of nitrogens with one attached hydrogen (secondary N) is 2. The zero-order chi connectivity index (χ0) is 24.6. The van der Waals surface area contributed by atoms with Gasteiger partial charge in [-0.05, 0) is 66.8 Å². The second-order valence-corrected chi connectivity index (χ2v) is 9.60. The van der Waals surface area contributed by atoms with Crippen LogP contribution in [0.1, 0.15) is 16.7 Å². The number of sulfonamides is 1. The molecule has 0 radical (unpaired) electrons. The highest BCUT2D eigenvalue weighted by Gasteiger charge is 2.26. The first kappa shape index (κ1) is 25.3. The maximum absolute atomic E-state index is 13.1. The fourth-order valence-electron chi connectivity index (χ4n) is 3.56. The van der Waals surface area contributed by atoms with Gasteiger partial charge in [0, 0.05) is 6.54 Å². The molecule has 180 valence electrons. The molecule has 0 saturated carbocycles. The van der Waals surface area contributed by atoms with E-state index in [4.69, 9.17) is 9.47 Å². The molecule has 0 aliphatic heterocycles. The van der Waals surface area contributed by atoms with Gasteiger partial charge in [0.15, 0.2) is 0 Å². The van der Waals surface area contributed by atoms with Crippen molar-refractivity contribution in [1.82, 2.24) is 10.0 Å². The molecule has 34 heavy (non-hydrogen) atoms. The van der Waals surface area contributed by atoms with Crippen LogP contribution < -0.4 is 19.5 Å². The number of hydrogen-bond acceptors (Lipinski definition) is 5. The average Bonchev–Trinajstić information content (AvgIpc) is 2.84. The number of amides is 1. The molecule has 3 aromatic rings. The average molecular weight is 483 g/mol. The zero-order valence-electron chi connectivity index (χ0n) is 19.6. The van der Waals surface area contributed by atoms with Gasteiger partial charge in [0.2, 0.25) is 15.9 Å². The Bertz CT molecular complexity index is 1200. The number of carbonyl (C=O) groups is 1. The molecule has 0 aliphatic carbocycles. The van der Waals surface area contributed by atoms with Crippen LogP contribution in [0.25, 0.3) is 0 Å². The van der Waals surface area contributed by atoms with Crippen LogP contribution in [0.15, 0.2) is 77.7 Å². The lowest BCUT2D eigenvalue weighted by molar-refractivity contribution is -0.122. The number of hydrogen-bond donors (Lipinski definition) is 2. The van der Waals surface area contributed by atoms with Crippen molar-refractivity contribution in [2.45, 2.75) is 30.7 Å². The summed E-state index contributed by atoms with van der Waals surface area (Å²) in [6.07, 6.45) is 0.835. The molecular formula is C26H30N2O5S. The van der Waals surface area contributed by atoms with E-state index < -0.39 is 16.1 Å². The molecule has 2 N–H and O–H groups in total. The number of ether oxygens (including phenoxy) is 2. The predicted molar refractivity (Wildman–Crippen MR) is 132 cm³/mol. The van der Waals surface area contributed by atoms with E-state index in [-0.39, 0.29) is 17.2 Å². The van der Waals surface area contributed by atoms with Crippen LogP contribution in [-0.2, 0) is 27.7 Å². The topological polar surface area (TPSA) is 93.7 Å². The minimum absolute atomic E-state index is 0.0786. The van der Waals surface area contributed by atoms with Crippen LogP contribution in [0.4, 0.5) is 0 Å². The van der Waals surface area contributed by atoms with Gasteiger partial charge in [0.05, 0.1) is 19.1 Å². The highest BCUT2D eigenvalue weighted by Crippen LogP contribution is 2.21. The Morgan fingerprint density at radius 2 is 1.62 bits per heavy atom. The second-order valence-electron chi connectivity index (χ2n) is 7.88. The summed E-state index contributed by atoms with van der Waals surface area (Å²) in [6, 6.07) is 20.5. The van der Waals surface area contributed by atoms with Crippen LogP contribution in [0.2, 0.25) is 0 Å². The van der Waals surface area contributed by atoms with Crippen LogP contribution in [0.5, 0.6) is 11.5 Å². The SMILES string of the molecule is COc1ccc(CCNC(=O)[C@@H](Cc2ccccc2)NS(=O)(=O)c2ccc(OC)c(C)c2)cc1. The summed E-state index contributed by atoms with van der Waals surface area (Å²) in [7, 11) is -0.801. The quantitative estimate of drug-likeness (QED) is 0.438. The summed E-state index contributed by atoms with van der Waals surface area (Å²) >= 11 is 0. The Balaban J connectivity index is 1.73. The summed E-state index contributed by atoms with van der Waals surface area (Å²) in [5, 5.41) is 2.87. The van der Waals surface area contributed by atoms with Crippen LogP contribution in [0.3, 0.4) is 0 Å². The standard InChI is InChI=1S/C26H30N2O5S/c1-19-17-23(13-14-25(19)33-3)34(30,31)28-24(18-21-7-5-4-6-8-21)26(29)27-16-15-20-9-11-22(32-2)12-10-20/h4-14,17,24,28H,15-16,18H2,1-3H3,(H,27,29)/t24-/m1/s1. The lowest BCUT2D eigenvalue weighted by Crippen LogP contribution is -2.48. The normalized spacial score (nSPS) is 12.1. The van der Waals surface area contributed by atoms with Crippen molar-refractivity contribution >= 4 is 15.9 Å². The molecule has 0 unspecified atom stereocenters. The minimum Gasteiger partial charge on any atom is -0.497 e. The summed E-state index contributed by atoms with van der Waals surface area (Å²) in [5.74, 6) is 0.973. The number of benzene rings is 3. The fraction of sp³-hybridized carbons (Fsp3) is 0.269. The Kier molecular flexibility index (Phi) is 8.67. The van der Waals surface area contributed by atoms with Gasteiger partial charge in [-0.15, -0.1) is 0 Å². The zero-order valence-corrected chi connectivity index (χ0v) is 20.4. The van der Waals surface area contributed by atoms with Crippen LogP contribution in [0, 0.1) is 6.92 Å². The monoisotopic (exact) mass is 482 g/mol. The first-order chi connectivity index (χ1) is 16.3. The summed E-state index contributed by atoms with van der Waals surface area (Å²) < 4.78 is 39.2. The molecule has 3 aromatic carbocycles. The highest BCUT2D eigenvalue weighted by molar-refractivity contribution is 7.89. The van der Waals surface area contributed by atoms with Gasteiger partial charge in [-0.25, -0.2) is 8.42 Å². The Morgan fingerprint density at radius 1 is 0.912 bits per heavy atom. The third-order valence-electron chi connectivity index (χ3n) is 5.45. The van der Waals surface area contributed by atoms with Crippen molar-refractivity contribution in [3.8, 4) is 11.5 Å². The minimum atomic E-state index is -3.94. The van der Waals surface area contributed by atoms with Crippen molar-refractivity contribution in [1.29, 1.82) is 0 Å². The van der Waals surface area contributed by atoms with E-state index in [2.05, 4.69) is 10.0 Å². The molecule has 3 rings (SSSR count). The smallest absolute Gasteiger partial charge is 0.241 e. The van der Waals surface area contributed by atoms with Crippen molar-refractivity contribution in [2.75, 3.05) is 20.8 Å². The lowest BCUT2D eigenvalue weighted by Gasteiger charge is -2.19. The van der Waals surface area contributed by atoms with Crippen LogP contribution >= 0.6 is 0 Å². The molecule has 1 amide bonds. The van der Waals surface area contributed by atoms with Gasteiger partial charge >= 0.3 is 0 Å². The highest BCUT2D eigenvalue weighted by atomic mass is 32.2. The lowest BCUT2D eigenvalue weighted by atomic mass is 10.1. The number of aryl methyl sites for hydroxylation is 1. The van der Waals surface area contributed by atoms with E-state index >= 15 is 0 Å². The molecule has 1 atom stereocenters. The Labute approximate surface area is 201 Å². The van der Waals surface area contributed by atoms with Crippen molar-refractivity contribution < 1.29 is 22.7 Å². The van der Waals surface area contributed by atoms with Gasteiger partial charge in [0.25, 0.3) is 0 Å². The largest absolute Gasteiger partial charge is 0.497 e. The summed E-state index contributed by atoms with van der Waals surface area (Å²) in [6.45, 7) is 2.14.